The predicted molar refractivity (Wildman–Crippen MR) is 54.2 cm³/mol. The molecule has 1 aliphatic rings. The topological polar surface area (TPSA) is 59.6 Å². The van der Waals surface area contributed by atoms with Crippen molar-refractivity contribution in [1.29, 1.82) is 10.5 Å². The van der Waals surface area contributed by atoms with Crippen molar-refractivity contribution < 1.29 is 0 Å². The molecule has 0 amide bonds. The van der Waals surface area contributed by atoms with E-state index in [0.29, 0.717) is 19.0 Å². The molecule has 0 heterocycles. The minimum atomic E-state index is -0.517. The lowest BCUT2D eigenvalue weighted by molar-refractivity contribution is 0.378. The van der Waals surface area contributed by atoms with Crippen LogP contribution in [0.2, 0.25) is 0 Å². The lowest BCUT2D eigenvalue weighted by Gasteiger charge is -2.21. The molecular weight excluding hydrogens is 174 g/mol. The lowest BCUT2D eigenvalue weighted by Crippen LogP contribution is -2.36. The van der Waals surface area contributed by atoms with E-state index >= 15 is 0 Å². The summed E-state index contributed by atoms with van der Waals surface area (Å²) in [5.41, 5.74) is -0.517. The highest BCUT2D eigenvalue weighted by molar-refractivity contribution is 5.02. The van der Waals surface area contributed by atoms with Crippen molar-refractivity contribution in [3.05, 3.63) is 0 Å². The summed E-state index contributed by atoms with van der Waals surface area (Å²) < 4.78 is 0. The molecule has 0 bridgehead atoms. The molecule has 14 heavy (non-hydrogen) atoms. The molecule has 0 aromatic heterocycles. The van der Waals surface area contributed by atoms with E-state index in [4.69, 9.17) is 10.5 Å². The first-order valence-electron chi connectivity index (χ1n) is 5.22. The van der Waals surface area contributed by atoms with Gasteiger partial charge in [0.25, 0.3) is 0 Å². The quantitative estimate of drug-likeness (QED) is 0.739. The molecule has 0 radical (unpaired) electrons. The maximum atomic E-state index is 8.95. The van der Waals surface area contributed by atoms with Gasteiger partial charge in [0.2, 0.25) is 0 Å². The molecule has 76 valence electrons. The van der Waals surface area contributed by atoms with E-state index in [9.17, 15) is 0 Å². The smallest absolute Gasteiger partial charge is 0.0799 e. The monoisotopic (exact) mass is 191 g/mol. The zero-order chi connectivity index (χ0) is 10.4. The summed E-state index contributed by atoms with van der Waals surface area (Å²) in [7, 11) is 0. The van der Waals surface area contributed by atoms with Gasteiger partial charge in [-0.3, -0.25) is 0 Å². The van der Waals surface area contributed by atoms with Crippen molar-refractivity contribution in [3.63, 3.8) is 0 Å². The Balaban J connectivity index is 2.34. The minimum absolute atomic E-state index is 0.309. The summed E-state index contributed by atoms with van der Waals surface area (Å²) in [5, 5.41) is 20.9. The summed E-state index contributed by atoms with van der Waals surface area (Å²) in [5.74, 6) is 0. The van der Waals surface area contributed by atoms with Gasteiger partial charge in [0, 0.05) is 12.6 Å². The van der Waals surface area contributed by atoms with Crippen molar-refractivity contribution >= 4 is 0 Å². The molecule has 3 nitrogen and oxygen atoms in total. The van der Waals surface area contributed by atoms with Gasteiger partial charge < -0.3 is 5.32 Å². The molecule has 1 saturated carbocycles. The molecule has 1 atom stereocenters. The summed E-state index contributed by atoms with van der Waals surface area (Å²) in [6.45, 7) is 2.49. The first-order chi connectivity index (χ1) is 6.70. The third-order valence-corrected chi connectivity index (χ3v) is 2.88. The van der Waals surface area contributed by atoms with E-state index in [-0.39, 0.29) is 0 Å². The van der Waals surface area contributed by atoms with Crippen molar-refractivity contribution in [2.45, 2.75) is 45.1 Å². The van der Waals surface area contributed by atoms with Gasteiger partial charge in [0.1, 0.15) is 0 Å². The van der Waals surface area contributed by atoms with Crippen LogP contribution in [0.15, 0.2) is 0 Å². The predicted octanol–water partition coefficient (Wildman–Crippen LogP) is 1.96. The van der Waals surface area contributed by atoms with Gasteiger partial charge in [0.15, 0.2) is 0 Å². The zero-order valence-electron chi connectivity index (χ0n) is 8.71. The highest BCUT2D eigenvalue weighted by Crippen LogP contribution is 2.22. The second kappa shape index (κ2) is 4.98. The third kappa shape index (κ3) is 3.01. The van der Waals surface area contributed by atoms with Crippen LogP contribution in [0.5, 0.6) is 0 Å². The van der Waals surface area contributed by atoms with Crippen molar-refractivity contribution in [2.75, 3.05) is 6.54 Å². The van der Waals surface area contributed by atoms with E-state index < -0.39 is 5.41 Å². The highest BCUT2D eigenvalue weighted by Gasteiger charge is 2.25. The second-order valence-corrected chi connectivity index (χ2v) is 4.37. The standard InChI is InChI=1S/C11H17N3/c1-11(8-13,6-7-12)9-14-10-4-2-3-5-10/h10,14H,2-6,9H2,1H3. The van der Waals surface area contributed by atoms with Crippen molar-refractivity contribution in [3.8, 4) is 12.1 Å². The first kappa shape index (κ1) is 11.0. The van der Waals surface area contributed by atoms with Gasteiger partial charge in [-0.2, -0.15) is 10.5 Å². The Bertz CT molecular complexity index is 255. The van der Waals surface area contributed by atoms with Gasteiger partial charge in [-0.1, -0.05) is 12.8 Å². The number of hydrogen-bond donors (Lipinski definition) is 1. The molecule has 1 N–H and O–H groups in total. The average Bonchev–Trinajstić information content (AvgIpc) is 2.68. The Kier molecular flexibility index (Phi) is 3.92. The molecule has 0 saturated heterocycles. The normalized spacial score (nSPS) is 21.1. The van der Waals surface area contributed by atoms with E-state index in [2.05, 4.69) is 17.5 Å². The largest absolute Gasteiger partial charge is 0.312 e. The van der Waals surface area contributed by atoms with E-state index in [0.717, 1.165) is 0 Å². The molecule has 1 rings (SSSR count). The Morgan fingerprint density at radius 2 is 2.00 bits per heavy atom. The fourth-order valence-corrected chi connectivity index (χ4v) is 1.82. The Labute approximate surface area is 85.7 Å². The summed E-state index contributed by atoms with van der Waals surface area (Å²) in [6.07, 6.45) is 5.32. The van der Waals surface area contributed by atoms with Crippen LogP contribution in [0.4, 0.5) is 0 Å². The van der Waals surface area contributed by atoms with Crippen molar-refractivity contribution in [2.24, 2.45) is 5.41 Å². The molecule has 1 aliphatic carbocycles. The van der Waals surface area contributed by atoms with Gasteiger partial charge in [-0.15, -0.1) is 0 Å². The number of rotatable bonds is 4. The molecule has 1 unspecified atom stereocenters. The third-order valence-electron chi connectivity index (χ3n) is 2.88. The summed E-state index contributed by atoms with van der Waals surface area (Å²) in [6, 6.07) is 4.86. The fraction of sp³-hybridized carbons (Fsp3) is 0.818. The first-order valence-corrected chi connectivity index (χ1v) is 5.22. The van der Waals surface area contributed by atoms with Gasteiger partial charge >= 0.3 is 0 Å². The van der Waals surface area contributed by atoms with Crippen LogP contribution in [0.25, 0.3) is 0 Å². The molecule has 3 heteroatoms. The van der Waals surface area contributed by atoms with Crippen LogP contribution in [-0.2, 0) is 0 Å². The molecule has 1 fully saturated rings. The lowest BCUT2D eigenvalue weighted by atomic mass is 9.89. The number of nitrogens with zero attached hydrogens (tertiary/aromatic N) is 2. The number of nitrogens with one attached hydrogen (secondary N) is 1. The van der Waals surface area contributed by atoms with Crippen LogP contribution >= 0.6 is 0 Å². The Morgan fingerprint density at radius 3 is 2.50 bits per heavy atom. The Hall–Kier alpha value is -1.06. The van der Waals surface area contributed by atoms with Crippen LogP contribution in [-0.4, -0.2) is 12.6 Å². The molecular formula is C11H17N3. The molecule has 0 aliphatic heterocycles. The van der Waals surface area contributed by atoms with Gasteiger partial charge in [-0.25, -0.2) is 0 Å². The fourth-order valence-electron chi connectivity index (χ4n) is 1.82. The van der Waals surface area contributed by atoms with E-state index in [1.165, 1.54) is 25.7 Å². The van der Waals surface area contributed by atoms with Gasteiger partial charge in [0.05, 0.1) is 24.0 Å². The molecule has 0 spiro atoms. The number of nitriles is 2. The van der Waals surface area contributed by atoms with Crippen LogP contribution < -0.4 is 5.32 Å². The minimum Gasteiger partial charge on any atom is -0.312 e. The average molecular weight is 191 g/mol. The maximum absolute atomic E-state index is 8.95. The van der Waals surface area contributed by atoms with E-state index in [1.807, 2.05) is 6.92 Å². The van der Waals surface area contributed by atoms with Crippen LogP contribution in [0.3, 0.4) is 0 Å². The maximum Gasteiger partial charge on any atom is 0.0799 e. The van der Waals surface area contributed by atoms with Crippen molar-refractivity contribution in [1.82, 2.24) is 5.32 Å². The SMILES string of the molecule is CC(C#N)(CC#N)CNC1CCCC1. The highest BCUT2D eigenvalue weighted by atomic mass is 14.9. The zero-order valence-corrected chi connectivity index (χ0v) is 8.71. The number of hydrogen-bond acceptors (Lipinski definition) is 3. The summed E-state index contributed by atoms with van der Waals surface area (Å²) in [4.78, 5) is 0. The summed E-state index contributed by atoms with van der Waals surface area (Å²) >= 11 is 0. The molecule has 0 aromatic rings. The van der Waals surface area contributed by atoms with Gasteiger partial charge in [-0.05, 0) is 19.8 Å². The van der Waals surface area contributed by atoms with Crippen LogP contribution in [0.1, 0.15) is 39.0 Å². The van der Waals surface area contributed by atoms with E-state index in [1.54, 1.807) is 0 Å². The van der Waals surface area contributed by atoms with Crippen LogP contribution in [0, 0.1) is 28.1 Å². The second-order valence-electron chi connectivity index (χ2n) is 4.37. The molecule has 0 aromatic carbocycles. The Morgan fingerprint density at radius 1 is 1.36 bits per heavy atom.